The number of methoxy groups -OCH3 is 1. The molecule has 1 saturated heterocycles. The maximum absolute atomic E-state index is 12.6. The Morgan fingerprint density at radius 3 is 2.52 bits per heavy atom. The molecule has 0 unspecified atom stereocenters. The summed E-state index contributed by atoms with van der Waals surface area (Å²) < 4.78 is 5.20. The molecule has 0 spiro atoms. The van der Waals surface area contributed by atoms with Crippen LogP contribution < -0.4 is 4.74 Å². The van der Waals surface area contributed by atoms with E-state index < -0.39 is 0 Å². The lowest BCUT2D eigenvalue weighted by Crippen LogP contribution is -2.48. The minimum absolute atomic E-state index is 0.0818. The molecule has 1 aliphatic heterocycles. The van der Waals surface area contributed by atoms with E-state index in [2.05, 4.69) is 29.2 Å². The van der Waals surface area contributed by atoms with Crippen LogP contribution in [0.4, 0.5) is 0 Å². The van der Waals surface area contributed by atoms with Crippen molar-refractivity contribution in [3.63, 3.8) is 0 Å². The first-order valence-corrected chi connectivity index (χ1v) is 8.63. The zero-order valence-corrected chi connectivity index (χ0v) is 14.6. The summed E-state index contributed by atoms with van der Waals surface area (Å²) in [5, 5.41) is 0. The average Bonchev–Trinajstić information content (AvgIpc) is 2.69. The van der Waals surface area contributed by atoms with E-state index in [9.17, 15) is 4.79 Å². The molecule has 0 aromatic heterocycles. The molecule has 1 fully saturated rings. The molecule has 3 rings (SSSR count). The first kappa shape index (κ1) is 17.2. The first-order valence-electron chi connectivity index (χ1n) is 8.63. The fourth-order valence-corrected chi connectivity index (χ4v) is 2.97. The Labute approximate surface area is 149 Å². The van der Waals surface area contributed by atoms with E-state index in [-0.39, 0.29) is 5.91 Å². The second kappa shape index (κ2) is 8.49. The van der Waals surface area contributed by atoms with Crippen LogP contribution in [0.2, 0.25) is 0 Å². The smallest absolute Gasteiger partial charge is 0.254 e. The Morgan fingerprint density at radius 1 is 1.04 bits per heavy atom. The average molecular weight is 336 g/mol. The largest absolute Gasteiger partial charge is 0.497 e. The number of hydrogen-bond acceptors (Lipinski definition) is 3. The van der Waals surface area contributed by atoms with Gasteiger partial charge in [-0.2, -0.15) is 0 Å². The van der Waals surface area contributed by atoms with Gasteiger partial charge in [0.15, 0.2) is 0 Å². The summed E-state index contributed by atoms with van der Waals surface area (Å²) in [6, 6.07) is 17.7. The fraction of sp³-hybridized carbons (Fsp3) is 0.286. The molecule has 0 saturated carbocycles. The van der Waals surface area contributed by atoms with E-state index in [1.165, 1.54) is 5.56 Å². The Balaban J connectivity index is 1.49. The van der Waals surface area contributed by atoms with Crippen molar-refractivity contribution in [3.05, 3.63) is 71.8 Å². The van der Waals surface area contributed by atoms with Gasteiger partial charge in [0.1, 0.15) is 5.75 Å². The number of hydrogen-bond donors (Lipinski definition) is 0. The number of benzene rings is 2. The topological polar surface area (TPSA) is 32.8 Å². The van der Waals surface area contributed by atoms with Gasteiger partial charge in [0, 0.05) is 38.3 Å². The number of piperazine rings is 1. The highest BCUT2D eigenvalue weighted by atomic mass is 16.5. The molecule has 1 heterocycles. The minimum Gasteiger partial charge on any atom is -0.497 e. The number of nitrogens with zero attached hydrogens (tertiary/aromatic N) is 2. The number of rotatable bonds is 5. The summed E-state index contributed by atoms with van der Waals surface area (Å²) in [4.78, 5) is 16.9. The van der Waals surface area contributed by atoms with E-state index in [0.717, 1.165) is 38.5 Å². The van der Waals surface area contributed by atoms with Gasteiger partial charge in [-0.1, -0.05) is 48.6 Å². The minimum atomic E-state index is 0.0818. The first-order chi connectivity index (χ1) is 12.3. The second-order valence-corrected chi connectivity index (χ2v) is 6.14. The van der Waals surface area contributed by atoms with Crippen LogP contribution in [0.5, 0.6) is 5.75 Å². The van der Waals surface area contributed by atoms with Crippen molar-refractivity contribution < 1.29 is 9.53 Å². The molecule has 0 bridgehead atoms. The summed E-state index contributed by atoms with van der Waals surface area (Å²) in [5.74, 6) is 0.800. The summed E-state index contributed by atoms with van der Waals surface area (Å²) in [5.41, 5.74) is 1.91. The van der Waals surface area contributed by atoms with Crippen molar-refractivity contribution in [3.8, 4) is 5.75 Å². The van der Waals surface area contributed by atoms with Crippen molar-refractivity contribution in [1.29, 1.82) is 0 Å². The van der Waals surface area contributed by atoms with Crippen LogP contribution in [-0.2, 0) is 0 Å². The molecule has 0 N–H and O–H groups in total. The highest BCUT2D eigenvalue weighted by molar-refractivity contribution is 5.94. The molecular weight excluding hydrogens is 312 g/mol. The highest BCUT2D eigenvalue weighted by Crippen LogP contribution is 2.15. The predicted octanol–water partition coefficient (Wildman–Crippen LogP) is 3.17. The molecule has 4 nitrogen and oxygen atoms in total. The highest BCUT2D eigenvalue weighted by Gasteiger charge is 2.21. The zero-order valence-electron chi connectivity index (χ0n) is 14.6. The normalized spacial score (nSPS) is 15.5. The van der Waals surface area contributed by atoms with Crippen LogP contribution in [0.15, 0.2) is 60.7 Å². The summed E-state index contributed by atoms with van der Waals surface area (Å²) in [7, 11) is 1.62. The van der Waals surface area contributed by atoms with Gasteiger partial charge in [0.05, 0.1) is 7.11 Å². The van der Waals surface area contributed by atoms with Crippen molar-refractivity contribution in [2.45, 2.75) is 0 Å². The monoisotopic (exact) mass is 336 g/mol. The molecule has 0 atom stereocenters. The van der Waals surface area contributed by atoms with Gasteiger partial charge in [-0.15, -0.1) is 0 Å². The van der Waals surface area contributed by atoms with Crippen molar-refractivity contribution in [1.82, 2.24) is 9.80 Å². The van der Waals surface area contributed by atoms with Crippen molar-refractivity contribution >= 4 is 12.0 Å². The predicted molar refractivity (Wildman–Crippen MR) is 101 cm³/mol. The Kier molecular flexibility index (Phi) is 5.86. The van der Waals surface area contributed by atoms with Crippen molar-refractivity contribution in [2.75, 3.05) is 39.8 Å². The van der Waals surface area contributed by atoms with Gasteiger partial charge in [0.2, 0.25) is 0 Å². The van der Waals surface area contributed by atoms with Crippen LogP contribution in [0.1, 0.15) is 15.9 Å². The third-order valence-corrected chi connectivity index (χ3v) is 4.45. The van der Waals surface area contributed by atoms with E-state index in [4.69, 9.17) is 4.74 Å². The van der Waals surface area contributed by atoms with Gasteiger partial charge in [-0.3, -0.25) is 9.69 Å². The van der Waals surface area contributed by atoms with Gasteiger partial charge in [-0.05, 0) is 23.8 Å². The molecule has 1 aliphatic rings. The summed E-state index contributed by atoms with van der Waals surface area (Å²) in [6.07, 6.45) is 4.34. The summed E-state index contributed by atoms with van der Waals surface area (Å²) in [6.45, 7) is 4.23. The third-order valence-electron chi connectivity index (χ3n) is 4.45. The zero-order chi connectivity index (χ0) is 17.5. The van der Waals surface area contributed by atoms with E-state index in [1.807, 2.05) is 41.3 Å². The van der Waals surface area contributed by atoms with Crippen LogP contribution in [0.3, 0.4) is 0 Å². The molecule has 0 radical (unpaired) electrons. The van der Waals surface area contributed by atoms with Gasteiger partial charge in [-0.25, -0.2) is 0 Å². The number of carbonyl (C=O) groups is 1. The second-order valence-electron chi connectivity index (χ2n) is 6.14. The fourth-order valence-electron chi connectivity index (χ4n) is 2.97. The lowest BCUT2D eigenvalue weighted by atomic mass is 10.1. The molecule has 25 heavy (non-hydrogen) atoms. The number of amides is 1. The third kappa shape index (κ3) is 4.70. The molecule has 4 heteroatoms. The molecule has 130 valence electrons. The standard InChI is InChI=1S/C21H24N2O2/c1-25-20-11-5-10-19(17-20)21(24)23-15-13-22(14-16-23)12-6-9-18-7-3-2-4-8-18/h2-11,17H,12-16H2,1H3/b9-6+. The van der Waals surface area contributed by atoms with Crippen LogP contribution in [0.25, 0.3) is 6.08 Å². The van der Waals surface area contributed by atoms with Crippen LogP contribution >= 0.6 is 0 Å². The SMILES string of the molecule is COc1cccc(C(=O)N2CCN(C/C=C/c3ccccc3)CC2)c1. The number of carbonyl (C=O) groups excluding carboxylic acids is 1. The lowest BCUT2D eigenvalue weighted by molar-refractivity contribution is 0.0650. The molecule has 0 aliphatic carbocycles. The lowest BCUT2D eigenvalue weighted by Gasteiger charge is -2.34. The van der Waals surface area contributed by atoms with Gasteiger partial charge >= 0.3 is 0 Å². The van der Waals surface area contributed by atoms with Crippen LogP contribution in [-0.4, -0.2) is 55.5 Å². The quantitative estimate of drug-likeness (QED) is 0.841. The Morgan fingerprint density at radius 2 is 1.80 bits per heavy atom. The summed E-state index contributed by atoms with van der Waals surface area (Å²) >= 11 is 0. The Bertz CT molecular complexity index is 720. The number of ether oxygens (including phenoxy) is 1. The molecule has 1 amide bonds. The maximum atomic E-state index is 12.6. The molecular formula is C21H24N2O2. The maximum Gasteiger partial charge on any atom is 0.254 e. The Hall–Kier alpha value is -2.59. The van der Waals surface area contributed by atoms with Crippen molar-refractivity contribution in [2.24, 2.45) is 0 Å². The van der Waals surface area contributed by atoms with E-state index in [1.54, 1.807) is 13.2 Å². The van der Waals surface area contributed by atoms with E-state index in [0.29, 0.717) is 5.56 Å². The molecule has 2 aromatic rings. The van der Waals surface area contributed by atoms with Gasteiger partial charge < -0.3 is 9.64 Å². The van der Waals surface area contributed by atoms with Crippen LogP contribution in [0, 0.1) is 0 Å². The van der Waals surface area contributed by atoms with Gasteiger partial charge in [0.25, 0.3) is 5.91 Å². The van der Waals surface area contributed by atoms with E-state index >= 15 is 0 Å². The molecule has 2 aromatic carbocycles.